The Morgan fingerprint density at radius 3 is 2.69 bits per heavy atom. The number of aromatic hydroxyl groups is 1. The monoisotopic (exact) mass is 317 g/mol. The van der Waals surface area contributed by atoms with Crippen LogP contribution in [0.15, 0.2) is 34.9 Å². The number of benzene rings is 1. The van der Waals surface area contributed by atoms with Crippen molar-refractivity contribution in [3.8, 4) is 17.0 Å². The highest BCUT2D eigenvalue weighted by Crippen LogP contribution is 2.39. The number of aromatic nitrogens is 1. The van der Waals surface area contributed by atoms with E-state index in [0.29, 0.717) is 25.8 Å². The molecule has 0 spiro atoms. The minimum atomic E-state index is 0.0965. The average molecular weight is 319 g/mol. The molecule has 2 rings (SSSR count). The summed E-state index contributed by atoms with van der Waals surface area (Å²) in [5.74, 6) is 0.0965. The Morgan fingerprint density at radius 1 is 1.19 bits per heavy atom. The van der Waals surface area contributed by atoms with E-state index in [1.54, 1.807) is 30.5 Å². The molecule has 0 aliphatic heterocycles. The number of para-hydroxylation sites is 1. The third-order valence-corrected chi connectivity index (χ3v) is 3.52. The van der Waals surface area contributed by atoms with Gasteiger partial charge in [-0.05, 0) is 34.1 Å². The molecule has 16 heavy (non-hydrogen) atoms. The van der Waals surface area contributed by atoms with Gasteiger partial charge in [-0.2, -0.15) is 0 Å². The van der Waals surface area contributed by atoms with Crippen LogP contribution in [0.25, 0.3) is 11.3 Å². The van der Waals surface area contributed by atoms with Crippen molar-refractivity contribution in [3.63, 3.8) is 0 Å². The second-order valence-corrected chi connectivity index (χ2v) is 4.73. The van der Waals surface area contributed by atoms with Crippen LogP contribution in [0.1, 0.15) is 0 Å². The van der Waals surface area contributed by atoms with Crippen molar-refractivity contribution in [1.29, 1.82) is 0 Å². The maximum atomic E-state index is 9.88. The summed E-state index contributed by atoms with van der Waals surface area (Å²) in [7, 11) is 0. The highest BCUT2D eigenvalue weighted by atomic mass is 79.9. The molecule has 2 aromatic rings. The smallest absolute Gasteiger partial charge is 0.139 e. The predicted molar refractivity (Wildman–Crippen MR) is 69.1 cm³/mol. The Hall–Kier alpha value is -0.770. The van der Waals surface area contributed by atoms with E-state index in [9.17, 15) is 5.11 Å². The molecule has 0 radical (unpaired) electrons. The van der Waals surface area contributed by atoms with E-state index in [4.69, 9.17) is 23.2 Å². The number of halogens is 3. The maximum Gasteiger partial charge on any atom is 0.139 e. The Labute approximate surface area is 111 Å². The minimum absolute atomic E-state index is 0.0965. The lowest BCUT2D eigenvalue weighted by Gasteiger charge is -2.07. The molecular weight excluding hydrogens is 313 g/mol. The van der Waals surface area contributed by atoms with Crippen molar-refractivity contribution < 1.29 is 5.11 Å². The summed E-state index contributed by atoms with van der Waals surface area (Å²) in [5.41, 5.74) is 1.01. The Kier molecular flexibility index (Phi) is 3.38. The second-order valence-electron chi connectivity index (χ2n) is 3.09. The molecule has 0 saturated carbocycles. The summed E-state index contributed by atoms with van der Waals surface area (Å²) in [5, 5.41) is 10.6. The molecule has 0 unspecified atom stereocenters. The molecule has 0 bridgehead atoms. The molecule has 1 N–H and O–H groups in total. The van der Waals surface area contributed by atoms with Crippen LogP contribution in [0.5, 0.6) is 5.75 Å². The third-order valence-electron chi connectivity index (χ3n) is 2.08. The van der Waals surface area contributed by atoms with Gasteiger partial charge in [-0.15, -0.1) is 0 Å². The normalized spacial score (nSPS) is 10.4. The van der Waals surface area contributed by atoms with E-state index < -0.39 is 0 Å². The number of hydrogen-bond acceptors (Lipinski definition) is 2. The van der Waals surface area contributed by atoms with Crippen LogP contribution in [-0.4, -0.2) is 10.1 Å². The van der Waals surface area contributed by atoms with Crippen molar-refractivity contribution >= 4 is 39.1 Å². The molecule has 2 nitrogen and oxygen atoms in total. The van der Waals surface area contributed by atoms with Gasteiger partial charge in [0.15, 0.2) is 0 Å². The van der Waals surface area contributed by atoms with Crippen LogP contribution in [0, 0.1) is 0 Å². The van der Waals surface area contributed by atoms with Gasteiger partial charge >= 0.3 is 0 Å². The second kappa shape index (κ2) is 4.62. The fraction of sp³-hybridized carbons (Fsp3) is 0. The Morgan fingerprint density at radius 2 is 1.94 bits per heavy atom. The topological polar surface area (TPSA) is 33.1 Å². The third kappa shape index (κ3) is 2.03. The van der Waals surface area contributed by atoms with Crippen LogP contribution in [0.3, 0.4) is 0 Å². The van der Waals surface area contributed by atoms with Gasteiger partial charge < -0.3 is 5.11 Å². The molecule has 1 heterocycles. The van der Waals surface area contributed by atoms with Crippen molar-refractivity contribution in [2.75, 3.05) is 0 Å². The lowest BCUT2D eigenvalue weighted by molar-refractivity contribution is 0.474. The zero-order valence-corrected chi connectivity index (χ0v) is 11.0. The molecule has 82 valence electrons. The predicted octanol–water partition coefficient (Wildman–Crippen LogP) is 4.52. The lowest BCUT2D eigenvalue weighted by atomic mass is 10.1. The van der Waals surface area contributed by atoms with Crippen LogP contribution in [0.4, 0.5) is 0 Å². The van der Waals surface area contributed by atoms with E-state index in [2.05, 4.69) is 20.9 Å². The number of phenolic OH excluding ortho intramolecular Hbond substituents is 1. The van der Waals surface area contributed by atoms with Crippen molar-refractivity contribution in [1.82, 2.24) is 4.98 Å². The van der Waals surface area contributed by atoms with Crippen molar-refractivity contribution in [2.24, 2.45) is 0 Å². The number of rotatable bonds is 1. The van der Waals surface area contributed by atoms with E-state index in [1.165, 1.54) is 0 Å². The fourth-order valence-electron chi connectivity index (χ4n) is 1.31. The first-order valence-electron chi connectivity index (χ1n) is 4.39. The molecule has 0 atom stereocenters. The summed E-state index contributed by atoms with van der Waals surface area (Å²) in [6.45, 7) is 0. The largest absolute Gasteiger partial charge is 0.506 e. The minimum Gasteiger partial charge on any atom is -0.506 e. The maximum absolute atomic E-state index is 9.88. The first kappa shape index (κ1) is 11.7. The van der Waals surface area contributed by atoms with Crippen LogP contribution < -0.4 is 0 Å². The van der Waals surface area contributed by atoms with Gasteiger partial charge in [-0.1, -0.05) is 29.3 Å². The highest BCUT2D eigenvalue weighted by Gasteiger charge is 2.13. The highest BCUT2D eigenvalue weighted by molar-refractivity contribution is 9.10. The van der Waals surface area contributed by atoms with Gasteiger partial charge in [0.25, 0.3) is 0 Å². The molecule has 0 aliphatic rings. The molecule has 1 aromatic heterocycles. The van der Waals surface area contributed by atoms with Crippen molar-refractivity contribution in [2.45, 2.75) is 0 Å². The molecule has 0 amide bonds. The number of phenols is 1. The van der Waals surface area contributed by atoms with Gasteiger partial charge in [0, 0.05) is 11.8 Å². The van der Waals surface area contributed by atoms with E-state index in [0.717, 1.165) is 0 Å². The summed E-state index contributed by atoms with van der Waals surface area (Å²) in [6, 6.07) is 6.85. The molecule has 5 heteroatoms. The Bertz CT molecular complexity index is 496. The zero-order valence-electron chi connectivity index (χ0n) is 7.92. The standard InChI is InChI=1S/C11H6BrCl2NO/c12-7-3-1-2-6(11(7)16)10-9(14)8(13)4-5-15-10/h1-5,16H. The van der Waals surface area contributed by atoms with Crippen molar-refractivity contribution in [3.05, 3.63) is 45.0 Å². The lowest BCUT2D eigenvalue weighted by Crippen LogP contribution is -1.86. The number of pyridine rings is 1. The summed E-state index contributed by atoms with van der Waals surface area (Å²) in [6.07, 6.45) is 1.55. The van der Waals surface area contributed by atoms with Gasteiger partial charge in [0.1, 0.15) is 5.75 Å². The Balaban J connectivity index is 2.68. The average Bonchev–Trinajstić information content (AvgIpc) is 2.27. The molecule has 0 saturated heterocycles. The molecule has 1 aromatic carbocycles. The van der Waals surface area contributed by atoms with E-state index in [-0.39, 0.29) is 5.75 Å². The van der Waals surface area contributed by atoms with Crippen LogP contribution >= 0.6 is 39.1 Å². The first-order chi connectivity index (χ1) is 7.61. The summed E-state index contributed by atoms with van der Waals surface area (Å²) in [4.78, 5) is 4.11. The van der Waals surface area contributed by atoms with Gasteiger partial charge in [0.05, 0.1) is 20.2 Å². The van der Waals surface area contributed by atoms with E-state index in [1.807, 2.05) is 0 Å². The quantitative estimate of drug-likeness (QED) is 0.838. The summed E-state index contributed by atoms with van der Waals surface area (Å²) < 4.78 is 0.586. The van der Waals surface area contributed by atoms with Crippen LogP contribution in [0.2, 0.25) is 10.0 Å². The molecular formula is C11H6BrCl2NO. The zero-order chi connectivity index (χ0) is 11.7. The fourth-order valence-corrected chi connectivity index (χ4v) is 2.04. The molecule has 0 fully saturated rings. The van der Waals surface area contributed by atoms with Gasteiger partial charge in [0.2, 0.25) is 0 Å². The van der Waals surface area contributed by atoms with Gasteiger partial charge in [-0.3, -0.25) is 4.98 Å². The number of hydrogen-bond donors (Lipinski definition) is 1. The molecule has 0 aliphatic carbocycles. The SMILES string of the molecule is Oc1c(Br)cccc1-c1nccc(Cl)c1Cl. The van der Waals surface area contributed by atoms with Crippen LogP contribution in [-0.2, 0) is 0 Å². The summed E-state index contributed by atoms with van der Waals surface area (Å²) >= 11 is 15.2. The van der Waals surface area contributed by atoms with Gasteiger partial charge in [-0.25, -0.2) is 0 Å². The first-order valence-corrected chi connectivity index (χ1v) is 5.94. The number of nitrogens with zero attached hydrogens (tertiary/aromatic N) is 1. The van der Waals surface area contributed by atoms with E-state index >= 15 is 0 Å².